The molecule has 0 aliphatic carbocycles. The first-order chi connectivity index (χ1) is 12.4. The van der Waals surface area contributed by atoms with E-state index in [9.17, 15) is 0 Å². The lowest BCUT2D eigenvalue weighted by Gasteiger charge is -2.34. The van der Waals surface area contributed by atoms with E-state index in [-0.39, 0.29) is 6.10 Å². The molecule has 2 saturated heterocycles. The van der Waals surface area contributed by atoms with Crippen molar-refractivity contribution in [3.8, 4) is 11.6 Å². The monoisotopic (exact) mass is 336 g/mol. The number of nitrogens with zero attached hydrogens (tertiary/aromatic N) is 2. The summed E-state index contributed by atoms with van der Waals surface area (Å²) in [4.78, 5) is 6.99. The summed E-state index contributed by atoms with van der Waals surface area (Å²) in [5.74, 6) is 1.32. The van der Waals surface area contributed by atoms with Crippen LogP contribution in [0, 0.1) is 0 Å². The highest BCUT2D eigenvalue weighted by atomic mass is 16.6. The zero-order valence-electron chi connectivity index (χ0n) is 14.4. The van der Waals surface area contributed by atoms with Gasteiger partial charge in [-0.2, -0.15) is 0 Å². The lowest BCUT2D eigenvalue weighted by Crippen LogP contribution is -2.38. The van der Waals surface area contributed by atoms with E-state index in [0.717, 1.165) is 29.9 Å². The average molecular weight is 336 g/mol. The van der Waals surface area contributed by atoms with Crippen LogP contribution in [0.3, 0.4) is 0 Å². The summed E-state index contributed by atoms with van der Waals surface area (Å²) in [5, 5.41) is 0. The lowest BCUT2D eigenvalue weighted by molar-refractivity contribution is 0.0850. The van der Waals surface area contributed by atoms with Crippen LogP contribution in [0.15, 0.2) is 42.6 Å². The van der Waals surface area contributed by atoms with Gasteiger partial charge in [0.1, 0.15) is 6.61 Å². The number of ether oxygens (including phenoxy) is 2. The molecule has 2 fully saturated rings. The van der Waals surface area contributed by atoms with Crippen molar-refractivity contribution < 1.29 is 9.47 Å². The molecule has 3 aliphatic heterocycles. The second kappa shape index (κ2) is 6.34. The first-order valence-electron chi connectivity index (χ1n) is 9.46. The van der Waals surface area contributed by atoms with Crippen LogP contribution in [0.4, 0.5) is 0 Å². The highest BCUT2D eigenvalue weighted by Gasteiger charge is 2.36. The number of rotatable bonds is 3. The Morgan fingerprint density at radius 2 is 1.80 bits per heavy atom. The first kappa shape index (κ1) is 15.2. The number of hydrogen-bond acceptors (Lipinski definition) is 4. The van der Waals surface area contributed by atoms with Gasteiger partial charge in [0.25, 0.3) is 5.88 Å². The highest BCUT2D eigenvalue weighted by Crippen LogP contribution is 2.37. The highest BCUT2D eigenvalue weighted by molar-refractivity contribution is 5.36. The van der Waals surface area contributed by atoms with E-state index in [1.807, 2.05) is 12.1 Å². The maximum absolute atomic E-state index is 6.01. The maximum atomic E-state index is 6.01. The first-order valence-corrected chi connectivity index (χ1v) is 9.46. The molecule has 4 heterocycles. The van der Waals surface area contributed by atoms with E-state index in [1.165, 1.54) is 37.7 Å². The van der Waals surface area contributed by atoms with Crippen molar-refractivity contribution in [3.05, 3.63) is 53.7 Å². The van der Waals surface area contributed by atoms with Gasteiger partial charge in [0.05, 0.1) is 0 Å². The zero-order chi connectivity index (χ0) is 16.6. The van der Waals surface area contributed by atoms with Crippen molar-refractivity contribution in [2.24, 2.45) is 0 Å². The van der Waals surface area contributed by atoms with E-state index < -0.39 is 0 Å². The molecule has 3 atom stereocenters. The number of benzene rings is 1. The molecule has 5 rings (SSSR count). The molecule has 0 spiro atoms. The third-order valence-corrected chi connectivity index (χ3v) is 5.94. The van der Waals surface area contributed by atoms with Crippen LogP contribution in [0.5, 0.6) is 11.6 Å². The largest absolute Gasteiger partial charge is 0.484 e. The quantitative estimate of drug-likeness (QED) is 0.845. The second-order valence-electron chi connectivity index (χ2n) is 7.45. The Bertz CT molecular complexity index is 730. The minimum Gasteiger partial charge on any atom is -0.484 e. The van der Waals surface area contributed by atoms with Crippen LogP contribution >= 0.6 is 0 Å². The molecule has 3 unspecified atom stereocenters. The molecule has 1 aromatic heterocycles. The van der Waals surface area contributed by atoms with Gasteiger partial charge in [-0.15, -0.1) is 0 Å². The summed E-state index contributed by atoms with van der Waals surface area (Å²) in [5.41, 5.74) is 2.56. The van der Waals surface area contributed by atoms with E-state index in [1.54, 1.807) is 6.20 Å². The van der Waals surface area contributed by atoms with Gasteiger partial charge < -0.3 is 9.47 Å². The number of aromatic nitrogens is 1. The fourth-order valence-electron chi connectivity index (χ4n) is 4.60. The van der Waals surface area contributed by atoms with Gasteiger partial charge in [-0.25, -0.2) is 4.98 Å². The van der Waals surface area contributed by atoms with E-state index >= 15 is 0 Å². The van der Waals surface area contributed by atoms with Gasteiger partial charge in [-0.3, -0.25) is 4.90 Å². The zero-order valence-corrected chi connectivity index (χ0v) is 14.4. The van der Waals surface area contributed by atoms with Gasteiger partial charge in [0.15, 0.2) is 11.9 Å². The van der Waals surface area contributed by atoms with E-state index in [0.29, 0.717) is 12.5 Å². The smallest absolute Gasteiger partial charge is 0.257 e. The van der Waals surface area contributed by atoms with Crippen molar-refractivity contribution in [1.82, 2.24) is 9.88 Å². The number of pyridine rings is 1. The predicted molar refractivity (Wildman–Crippen MR) is 95.7 cm³/mol. The Balaban J connectivity index is 1.28. The van der Waals surface area contributed by atoms with Crippen LogP contribution in [-0.4, -0.2) is 28.6 Å². The van der Waals surface area contributed by atoms with Gasteiger partial charge in [0.2, 0.25) is 0 Å². The van der Waals surface area contributed by atoms with Gasteiger partial charge in [-0.05, 0) is 48.9 Å². The predicted octanol–water partition coefficient (Wildman–Crippen LogP) is 4.11. The van der Waals surface area contributed by atoms with Crippen molar-refractivity contribution in [3.63, 3.8) is 0 Å². The summed E-state index contributed by atoms with van der Waals surface area (Å²) in [6.07, 6.45) is 8.62. The summed E-state index contributed by atoms with van der Waals surface area (Å²) >= 11 is 0. The Labute approximate surface area is 148 Å². The fraction of sp³-hybridized carbons (Fsp3) is 0.476. The van der Waals surface area contributed by atoms with Crippen LogP contribution < -0.4 is 9.47 Å². The summed E-state index contributed by atoms with van der Waals surface area (Å²) < 4.78 is 11.8. The van der Waals surface area contributed by atoms with E-state index in [2.05, 4.69) is 34.1 Å². The Hall–Kier alpha value is -2.07. The molecule has 0 radical (unpaired) electrons. The van der Waals surface area contributed by atoms with Crippen molar-refractivity contribution >= 4 is 0 Å². The normalized spacial score (nSPS) is 28.1. The van der Waals surface area contributed by atoms with Crippen molar-refractivity contribution in [2.45, 2.75) is 56.8 Å². The third-order valence-electron chi connectivity index (χ3n) is 5.94. The van der Waals surface area contributed by atoms with Crippen LogP contribution in [0.1, 0.15) is 49.3 Å². The molecule has 4 nitrogen and oxygen atoms in total. The topological polar surface area (TPSA) is 34.6 Å². The minimum atomic E-state index is -0.0809. The lowest BCUT2D eigenvalue weighted by atomic mass is 10.0. The van der Waals surface area contributed by atoms with Gasteiger partial charge in [0, 0.05) is 24.8 Å². The molecule has 2 bridgehead atoms. The summed E-state index contributed by atoms with van der Waals surface area (Å²) in [6.45, 7) is 1.62. The number of hydrogen-bond donors (Lipinski definition) is 0. The molecule has 0 saturated carbocycles. The Morgan fingerprint density at radius 3 is 2.60 bits per heavy atom. The molecular weight excluding hydrogens is 312 g/mol. The van der Waals surface area contributed by atoms with Crippen molar-refractivity contribution in [1.29, 1.82) is 0 Å². The van der Waals surface area contributed by atoms with E-state index in [4.69, 9.17) is 9.47 Å². The van der Waals surface area contributed by atoms with Crippen LogP contribution in [-0.2, 0) is 6.54 Å². The summed E-state index contributed by atoms with van der Waals surface area (Å²) in [7, 11) is 0. The second-order valence-corrected chi connectivity index (χ2v) is 7.45. The Morgan fingerprint density at radius 1 is 1.00 bits per heavy atom. The third kappa shape index (κ3) is 2.89. The minimum absolute atomic E-state index is 0.0809. The molecule has 0 N–H and O–H groups in total. The SMILES string of the molecule is c1cnc2c(c1)OCC(c1ccc(CN3C4CCCC3CC4)cc1)O2. The van der Waals surface area contributed by atoms with Crippen molar-refractivity contribution in [2.75, 3.05) is 6.61 Å². The molecule has 1 aromatic carbocycles. The molecule has 25 heavy (non-hydrogen) atoms. The maximum Gasteiger partial charge on any atom is 0.257 e. The molecule has 2 aromatic rings. The Kier molecular flexibility index (Phi) is 3.86. The fourth-order valence-corrected chi connectivity index (χ4v) is 4.60. The molecular formula is C21H24N2O2. The number of fused-ring (bicyclic) bond motifs is 3. The van der Waals surface area contributed by atoms with Crippen LogP contribution in [0.25, 0.3) is 0 Å². The standard InChI is InChI=1S/C21H24N2O2/c1-3-17-10-11-18(4-1)23(17)13-15-6-8-16(9-7-15)20-14-24-19-5-2-12-22-21(19)25-20/h2,5-9,12,17-18,20H,1,3-4,10-11,13-14H2. The van der Waals surface area contributed by atoms with Gasteiger partial charge in [-0.1, -0.05) is 30.7 Å². The van der Waals surface area contributed by atoms with Crippen LogP contribution in [0.2, 0.25) is 0 Å². The summed E-state index contributed by atoms with van der Waals surface area (Å²) in [6, 6.07) is 14.3. The number of piperidine rings is 1. The molecule has 4 heteroatoms. The molecule has 3 aliphatic rings. The van der Waals surface area contributed by atoms with Gasteiger partial charge >= 0.3 is 0 Å². The average Bonchev–Trinajstić information content (AvgIpc) is 2.89. The molecule has 130 valence electrons. The molecule has 0 amide bonds.